The van der Waals surface area contributed by atoms with Gasteiger partial charge in [-0.25, -0.2) is 5.84 Å². The SMILES string of the molecule is CSCC1CCC(C(=O)NN)O1. The van der Waals surface area contributed by atoms with Crippen LogP contribution in [0.3, 0.4) is 0 Å². The van der Waals surface area contributed by atoms with E-state index >= 15 is 0 Å². The molecule has 0 saturated carbocycles. The van der Waals surface area contributed by atoms with Gasteiger partial charge in [0.1, 0.15) is 6.10 Å². The molecule has 4 nitrogen and oxygen atoms in total. The number of hydrazine groups is 1. The van der Waals surface area contributed by atoms with Crippen molar-refractivity contribution in [1.29, 1.82) is 0 Å². The molecule has 70 valence electrons. The summed E-state index contributed by atoms with van der Waals surface area (Å²) in [4.78, 5) is 11.0. The minimum Gasteiger partial charge on any atom is -0.364 e. The van der Waals surface area contributed by atoms with Crippen LogP contribution in [0.25, 0.3) is 0 Å². The van der Waals surface area contributed by atoms with Gasteiger partial charge in [-0.05, 0) is 19.1 Å². The second-order valence-corrected chi connectivity index (χ2v) is 3.70. The van der Waals surface area contributed by atoms with Crippen LogP contribution in [-0.2, 0) is 9.53 Å². The lowest BCUT2D eigenvalue weighted by molar-refractivity contribution is -0.131. The van der Waals surface area contributed by atoms with E-state index in [9.17, 15) is 4.79 Å². The Morgan fingerprint density at radius 2 is 2.50 bits per heavy atom. The Hall–Kier alpha value is -0.260. The third-order valence-electron chi connectivity index (χ3n) is 1.89. The zero-order chi connectivity index (χ0) is 8.97. The molecule has 0 radical (unpaired) electrons. The van der Waals surface area contributed by atoms with E-state index < -0.39 is 0 Å². The molecular weight excluding hydrogens is 176 g/mol. The van der Waals surface area contributed by atoms with Crippen molar-refractivity contribution in [2.75, 3.05) is 12.0 Å². The van der Waals surface area contributed by atoms with Gasteiger partial charge in [0, 0.05) is 5.75 Å². The lowest BCUT2D eigenvalue weighted by atomic mass is 10.2. The topological polar surface area (TPSA) is 64.4 Å². The summed E-state index contributed by atoms with van der Waals surface area (Å²) in [6.07, 6.45) is 3.67. The van der Waals surface area contributed by atoms with Gasteiger partial charge in [0.25, 0.3) is 5.91 Å². The number of carbonyl (C=O) groups excluding carboxylic acids is 1. The lowest BCUT2D eigenvalue weighted by Gasteiger charge is -2.10. The summed E-state index contributed by atoms with van der Waals surface area (Å²) in [5.74, 6) is 5.73. The quantitative estimate of drug-likeness (QED) is 0.370. The molecule has 1 rings (SSSR count). The highest BCUT2D eigenvalue weighted by Crippen LogP contribution is 2.21. The van der Waals surface area contributed by atoms with Gasteiger partial charge in [0.15, 0.2) is 0 Å². The average molecular weight is 190 g/mol. The van der Waals surface area contributed by atoms with E-state index in [1.807, 2.05) is 6.26 Å². The first-order valence-corrected chi connectivity index (χ1v) is 5.32. The average Bonchev–Trinajstić information content (AvgIpc) is 2.52. The molecule has 0 spiro atoms. The molecule has 12 heavy (non-hydrogen) atoms. The van der Waals surface area contributed by atoms with Gasteiger partial charge in [0.2, 0.25) is 0 Å². The number of nitrogens with one attached hydrogen (secondary N) is 1. The maximum absolute atomic E-state index is 11.0. The summed E-state index contributed by atoms with van der Waals surface area (Å²) in [5.41, 5.74) is 2.10. The summed E-state index contributed by atoms with van der Waals surface area (Å²) < 4.78 is 5.44. The van der Waals surface area contributed by atoms with Crippen molar-refractivity contribution in [2.45, 2.75) is 25.0 Å². The minimum atomic E-state index is -0.327. The molecule has 1 fully saturated rings. The predicted octanol–water partition coefficient (Wildman–Crippen LogP) is -0.113. The van der Waals surface area contributed by atoms with Crippen LogP contribution in [0, 0.1) is 0 Å². The molecule has 0 bridgehead atoms. The molecule has 0 aliphatic carbocycles. The molecule has 1 aliphatic heterocycles. The van der Waals surface area contributed by atoms with Gasteiger partial charge < -0.3 is 4.74 Å². The normalized spacial score (nSPS) is 28.8. The summed E-state index contributed by atoms with van der Waals surface area (Å²) in [6, 6.07) is 0. The van der Waals surface area contributed by atoms with Crippen LogP contribution < -0.4 is 11.3 Å². The molecule has 1 amide bonds. The smallest absolute Gasteiger partial charge is 0.263 e. The first-order valence-electron chi connectivity index (χ1n) is 3.92. The molecular formula is C7H14N2O2S. The largest absolute Gasteiger partial charge is 0.364 e. The van der Waals surface area contributed by atoms with Crippen molar-refractivity contribution in [3.05, 3.63) is 0 Å². The van der Waals surface area contributed by atoms with E-state index in [-0.39, 0.29) is 18.1 Å². The van der Waals surface area contributed by atoms with Crippen molar-refractivity contribution >= 4 is 17.7 Å². The first-order chi connectivity index (χ1) is 5.77. The number of rotatable bonds is 3. The number of hydrogen-bond acceptors (Lipinski definition) is 4. The highest BCUT2D eigenvalue weighted by Gasteiger charge is 2.29. The van der Waals surface area contributed by atoms with Crippen LogP contribution >= 0.6 is 11.8 Å². The van der Waals surface area contributed by atoms with E-state index in [2.05, 4.69) is 5.43 Å². The summed E-state index contributed by atoms with van der Waals surface area (Å²) in [5, 5.41) is 0. The number of carbonyl (C=O) groups is 1. The van der Waals surface area contributed by atoms with Crippen LogP contribution in [0.5, 0.6) is 0 Å². The fourth-order valence-electron chi connectivity index (χ4n) is 1.30. The summed E-state index contributed by atoms with van der Waals surface area (Å²) in [7, 11) is 0. The van der Waals surface area contributed by atoms with Crippen molar-refractivity contribution in [3.8, 4) is 0 Å². The molecule has 1 aliphatic rings. The maximum Gasteiger partial charge on any atom is 0.263 e. The molecule has 3 N–H and O–H groups in total. The zero-order valence-electron chi connectivity index (χ0n) is 7.08. The van der Waals surface area contributed by atoms with Crippen molar-refractivity contribution in [2.24, 2.45) is 5.84 Å². The predicted molar refractivity (Wildman–Crippen MR) is 48.6 cm³/mol. The molecule has 2 unspecified atom stereocenters. The second-order valence-electron chi connectivity index (χ2n) is 2.79. The number of nitrogens with two attached hydrogens (primary N) is 1. The fourth-order valence-corrected chi connectivity index (χ4v) is 1.92. The molecule has 1 saturated heterocycles. The Balaban J connectivity index is 2.30. The molecule has 0 aromatic heterocycles. The highest BCUT2D eigenvalue weighted by atomic mass is 32.2. The Morgan fingerprint density at radius 1 is 1.75 bits per heavy atom. The molecule has 2 atom stereocenters. The van der Waals surface area contributed by atoms with E-state index in [4.69, 9.17) is 10.6 Å². The van der Waals surface area contributed by atoms with E-state index in [1.54, 1.807) is 11.8 Å². The molecule has 1 heterocycles. The molecule has 0 aromatic rings. The number of ether oxygens (including phenoxy) is 1. The van der Waals surface area contributed by atoms with Crippen LogP contribution in [0.15, 0.2) is 0 Å². The standard InChI is InChI=1S/C7H14N2O2S/c1-12-4-5-2-3-6(11-5)7(10)9-8/h5-6H,2-4,8H2,1H3,(H,9,10). The Kier molecular flexibility index (Phi) is 3.84. The summed E-state index contributed by atoms with van der Waals surface area (Å²) in [6.45, 7) is 0. The molecule has 5 heteroatoms. The van der Waals surface area contributed by atoms with Gasteiger partial charge in [0.05, 0.1) is 6.10 Å². The third kappa shape index (κ3) is 2.36. The first kappa shape index (κ1) is 9.83. The maximum atomic E-state index is 11.0. The van der Waals surface area contributed by atoms with Crippen LogP contribution in [0.4, 0.5) is 0 Å². The van der Waals surface area contributed by atoms with E-state index in [0.717, 1.165) is 18.6 Å². The fraction of sp³-hybridized carbons (Fsp3) is 0.857. The van der Waals surface area contributed by atoms with E-state index in [1.165, 1.54) is 0 Å². The minimum absolute atomic E-state index is 0.210. The van der Waals surface area contributed by atoms with Crippen molar-refractivity contribution in [3.63, 3.8) is 0 Å². The number of thioether (sulfide) groups is 1. The monoisotopic (exact) mass is 190 g/mol. The lowest BCUT2D eigenvalue weighted by Crippen LogP contribution is -2.39. The van der Waals surface area contributed by atoms with Crippen molar-refractivity contribution in [1.82, 2.24) is 5.43 Å². The highest BCUT2D eigenvalue weighted by molar-refractivity contribution is 7.98. The van der Waals surface area contributed by atoms with Crippen LogP contribution in [0.1, 0.15) is 12.8 Å². The Morgan fingerprint density at radius 3 is 3.08 bits per heavy atom. The van der Waals surface area contributed by atoms with Gasteiger partial charge >= 0.3 is 0 Å². The zero-order valence-corrected chi connectivity index (χ0v) is 7.89. The van der Waals surface area contributed by atoms with Gasteiger partial charge in [-0.2, -0.15) is 11.8 Å². The Bertz CT molecular complexity index is 165. The Labute approximate surface area is 76.2 Å². The second kappa shape index (κ2) is 4.69. The van der Waals surface area contributed by atoms with Crippen LogP contribution in [-0.4, -0.2) is 30.1 Å². The third-order valence-corrected chi connectivity index (χ3v) is 2.60. The van der Waals surface area contributed by atoms with Gasteiger partial charge in [-0.1, -0.05) is 0 Å². The van der Waals surface area contributed by atoms with E-state index in [0.29, 0.717) is 0 Å². The van der Waals surface area contributed by atoms with Gasteiger partial charge in [-0.3, -0.25) is 10.2 Å². The number of hydrogen-bond donors (Lipinski definition) is 2. The van der Waals surface area contributed by atoms with Crippen LogP contribution in [0.2, 0.25) is 0 Å². The molecule has 0 aromatic carbocycles. The van der Waals surface area contributed by atoms with Crippen molar-refractivity contribution < 1.29 is 9.53 Å². The van der Waals surface area contributed by atoms with Gasteiger partial charge in [-0.15, -0.1) is 0 Å². The number of amides is 1. The summed E-state index contributed by atoms with van der Waals surface area (Å²) >= 11 is 1.73.